The summed E-state index contributed by atoms with van der Waals surface area (Å²) in [5, 5.41) is 4.84. The zero-order valence-corrected chi connectivity index (χ0v) is 24.1. The van der Waals surface area contributed by atoms with Gasteiger partial charge < -0.3 is 4.90 Å². The second-order valence-corrected chi connectivity index (χ2v) is 11.5. The van der Waals surface area contributed by atoms with Gasteiger partial charge in [0.05, 0.1) is 5.41 Å². The van der Waals surface area contributed by atoms with Crippen LogP contribution in [0.2, 0.25) is 0 Å². The maximum absolute atomic E-state index is 4.25. The monoisotopic (exact) mass is 511 g/mol. The summed E-state index contributed by atoms with van der Waals surface area (Å²) in [7, 11) is 4.32. The highest BCUT2D eigenvalue weighted by molar-refractivity contribution is 6.07. The van der Waals surface area contributed by atoms with Crippen LogP contribution in [0.1, 0.15) is 38.8 Å². The normalized spacial score (nSPS) is 19.4. The van der Waals surface area contributed by atoms with Crippen molar-refractivity contribution in [2.75, 3.05) is 19.0 Å². The number of rotatable bonds is 5. The van der Waals surface area contributed by atoms with E-state index in [2.05, 4.69) is 162 Å². The lowest BCUT2D eigenvalue weighted by Gasteiger charge is -2.24. The quantitative estimate of drug-likeness (QED) is 0.259. The van der Waals surface area contributed by atoms with Crippen LogP contribution in [-0.2, 0) is 10.8 Å². The first kappa shape index (κ1) is 26.4. The molecule has 0 fully saturated rings. The lowest BCUT2D eigenvalue weighted by Crippen LogP contribution is -2.33. The molecule has 2 aliphatic heterocycles. The van der Waals surface area contributed by atoms with Crippen LogP contribution in [0.15, 0.2) is 109 Å². The average molecular weight is 512 g/mol. The molecule has 0 unspecified atom stereocenters. The topological polar surface area (TPSA) is 6.25 Å². The van der Waals surface area contributed by atoms with Crippen LogP contribution in [0.3, 0.4) is 0 Å². The molecule has 3 aromatic carbocycles. The molecule has 0 amide bonds. The molecule has 2 nitrogen and oxygen atoms in total. The summed E-state index contributed by atoms with van der Waals surface area (Å²) in [6.45, 7) is 17.4. The minimum atomic E-state index is -0.130. The molecule has 0 spiro atoms. The van der Waals surface area contributed by atoms with Crippen molar-refractivity contribution in [1.29, 1.82) is 0 Å². The summed E-state index contributed by atoms with van der Waals surface area (Å²) < 4.78 is 2.33. The minimum Gasteiger partial charge on any atom is -0.347 e. The minimum absolute atomic E-state index is 0.0705. The molecule has 5 rings (SSSR count). The molecule has 39 heavy (non-hydrogen) atoms. The van der Waals surface area contributed by atoms with Gasteiger partial charge in [-0.05, 0) is 58.8 Å². The Bertz CT molecular complexity index is 1750. The van der Waals surface area contributed by atoms with Gasteiger partial charge in [0.2, 0.25) is 5.69 Å². The van der Waals surface area contributed by atoms with Crippen molar-refractivity contribution in [3.8, 4) is 0 Å². The highest BCUT2D eigenvalue weighted by Crippen LogP contribution is 2.45. The van der Waals surface area contributed by atoms with Gasteiger partial charge >= 0.3 is 0 Å². The molecule has 196 valence electrons. The SMILES string of the molecule is C=C/C=c1/c2c(ccc1=C)N(C)/C(=C/C=C/C=C/C=C/C1=[N+](C)c3ccc4ccccc4c3C1(C)C)C2(C)C. The van der Waals surface area contributed by atoms with E-state index in [1.807, 2.05) is 6.08 Å². The lowest BCUT2D eigenvalue weighted by atomic mass is 9.79. The summed E-state index contributed by atoms with van der Waals surface area (Å²) in [4.78, 5) is 2.29. The Hall–Kier alpha value is -4.17. The van der Waals surface area contributed by atoms with Gasteiger partial charge in [-0.15, -0.1) is 0 Å². The maximum atomic E-state index is 4.25. The third-order valence-corrected chi connectivity index (χ3v) is 8.43. The second-order valence-electron chi connectivity index (χ2n) is 11.5. The van der Waals surface area contributed by atoms with Crippen molar-refractivity contribution in [1.82, 2.24) is 0 Å². The van der Waals surface area contributed by atoms with Crippen molar-refractivity contribution < 1.29 is 4.58 Å². The van der Waals surface area contributed by atoms with Gasteiger partial charge in [0.25, 0.3) is 0 Å². The maximum Gasteiger partial charge on any atom is 0.210 e. The van der Waals surface area contributed by atoms with Gasteiger partial charge in [-0.25, -0.2) is 0 Å². The Morgan fingerprint density at radius 3 is 2.28 bits per heavy atom. The van der Waals surface area contributed by atoms with Gasteiger partial charge in [-0.3, -0.25) is 0 Å². The molecule has 0 aromatic heterocycles. The summed E-state index contributed by atoms with van der Waals surface area (Å²) >= 11 is 0. The summed E-state index contributed by atoms with van der Waals surface area (Å²) in [6, 6.07) is 17.4. The van der Waals surface area contributed by atoms with E-state index in [4.69, 9.17) is 0 Å². The average Bonchev–Trinajstić information content (AvgIpc) is 3.22. The molecule has 0 radical (unpaired) electrons. The number of likely N-dealkylation sites (N-methyl/N-ethyl adjacent to an activating group) is 1. The number of fused-ring (bicyclic) bond motifs is 4. The molecule has 0 atom stereocenters. The van der Waals surface area contributed by atoms with Gasteiger partial charge in [0.1, 0.15) is 7.05 Å². The van der Waals surface area contributed by atoms with Crippen LogP contribution in [0, 0.1) is 0 Å². The Morgan fingerprint density at radius 1 is 0.795 bits per heavy atom. The zero-order valence-electron chi connectivity index (χ0n) is 24.1. The Morgan fingerprint density at radius 2 is 1.51 bits per heavy atom. The van der Waals surface area contributed by atoms with Crippen LogP contribution >= 0.6 is 0 Å². The molecule has 0 saturated carbocycles. The predicted molar refractivity (Wildman–Crippen MR) is 171 cm³/mol. The molecule has 0 aliphatic carbocycles. The smallest absolute Gasteiger partial charge is 0.210 e. The summed E-state index contributed by atoms with van der Waals surface area (Å²) in [5.41, 5.74) is 7.59. The van der Waals surface area contributed by atoms with Gasteiger partial charge in [0.15, 0.2) is 5.71 Å². The van der Waals surface area contributed by atoms with Crippen LogP contribution < -0.4 is 15.3 Å². The Balaban J connectivity index is 1.36. The third-order valence-electron chi connectivity index (χ3n) is 8.43. The summed E-state index contributed by atoms with van der Waals surface area (Å²) in [6.07, 6.45) is 19.0. The predicted octanol–water partition coefficient (Wildman–Crippen LogP) is 7.20. The standard InChI is InChI=1S/C37H39N2/c1-9-17-28-26(2)22-24-30-34(28)36(3,4)32(38(30)7)20-13-11-10-12-14-21-33-37(5,6)35-29-19-16-15-18-27(29)23-25-31(35)39(33)8/h9-25H,1-2H2,3-8H3/q+1/b28-17+. The third kappa shape index (κ3) is 4.25. The molecule has 0 bridgehead atoms. The second kappa shape index (κ2) is 9.85. The van der Waals surface area contributed by atoms with Gasteiger partial charge in [-0.2, -0.15) is 4.58 Å². The van der Waals surface area contributed by atoms with Crippen molar-refractivity contribution in [3.05, 3.63) is 131 Å². The van der Waals surface area contributed by atoms with E-state index >= 15 is 0 Å². The van der Waals surface area contributed by atoms with E-state index in [-0.39, 0.29) is 10.8 Å². The van der Waals surface area contributed by atoms with Crippen molar-refractivity contribution in [2.24, 2.45) is 0 Å². The molecule has 0 N–H and O–H groups in total. The molecular formula is C37H39N2+. The molecule has 2 aliphatic rings. The molecule has 2 heterocycles. The first-order chi connectivity index (χ1) is 18.6. The molecular weight excluding hydrogens is 472 g/mol. The summed E-state index contributed by atoms with van der Waals surface area (Å²) in [5.74, 6) is 0. The van der Waals surface area contributed by atoms with Gasteiger partial charge in [0, 0.05) is 41.6 Å². The number of benzene rings is 3. The number of hydrogen-bond donors (Lipinski definition) is 0. The van der Waals surface area contributed by atoms with Crippen molar-refractivity contribution >= 4 is 40.5 Å². The van der Waals surface area contributed by atoms with Crippen molar-refractivity contribution in [2.45, 2.75) is 38.5 Å². The van der Waals surface area contributed by atoms with E-state index in [1.54, 1.807) is 0 Å². The zero-order chi connectivity index (χ0) is 27.9. The number of anilines is 1. The number of nitrogens with zero attached hydrogens (tertiary/aromatic N) is 2. The highest BCUT2D eigenvalue weighted by Gasteiger charge is 2.44. The van der Waals surface area contributed by atoms with Crippen LogP contribution in [0.25, 0.3) is 23.4 Å². The first-order valence-corrected chi connectivity index (χ1v) is 13.6. The van der Waals surface area contributed by atoms with Crippen LogP contribution in [0.5, 0.6) is 0 Å². The lowest BCUT2D eigenvalue weighted by molar-refractivity contribution is -0.401. The Labute approximate surface area is 233 Å². The fourth-order valence-electron chi connectivity index (χ4n) is 6.57. The van der Waals surface area contributed by atoms with Crippen LogP contribution in [0.4, 0.5) is 11.4 Å². The van der Waals surface area contributed by atoms with Crippen LogP contribution in [-0.4, -0.2) is 24.4 Å². The fourth-order valence-corrected chi connectivity index (χ4v) is 6.57. The largest absolute Gasteiger partial charge is 0.347 e. The molecule has 0 saturated heterocycles. The van der Waals surface area contributed by atoms with Gasteiger partial charge in [-0.1, -0.05) is 99.9 Å². The number of hydrogen-bond acceptors (Lipinski definition) is 1. The Kier molecular flexibility index (Phi) is 6.68. The van der Waals surface area contributed by atoms with Crippen molar-refractivity contribution in [3.63, 3.8) is 0 Å². The van der Waals surface area contributed by atoms with E-state index in [9.17, 15) is 0 Å². The number of allylic oxidation sites excluding steroid dienone is 9. The first-order valence-electron chi connectivity index (χ1n) is 13.6. The fraction of sp³-hybridized carbons (Fsp3) is 0.216. The molecule has 2 heteroatoms. The van der Waals surface area contributed by atoms with E-state index in [0.717, 1.165) is 5.22 Å². The van der Waals surface area contributed by atoms with E-state index in [0.29, 0.717) is 0 Å². The van der Waals surface area contributed by atoms with E-state index < -0.39 is 0 Å². The van der Waals surface area contributed by atoms with E-state index in [1.165, 1.54) is 49.9 Å². The highest BCUT2D eigenvalue weighted by atomic mass is 15.2. The molecule has 3 aromatic rings.